The van der Waals surface area contributed by atoms with Gasteiger partial charge in [-0.05, 0) is 26.0 Å². The first-order chi connectivity index (χ1) is 9.45. The second-order valence-electron chi connectivity index (χ2n) is 3.75. The Hall–Kier alpha value is -2.64. The van der Waals surface area contributed by atoms with Crippen LogP contribution >= 0.6 is 0 Å². The standard InChI is InChI=1S/C12H13N3O5/c1-3-20-12(17)11(8(2)16)14-13-9-4-6-10(7-5-9)15(18)19/h4-7,11H,3H2,1-2H3. The number of ketones is 1. The van der Waals surface area contributed by atoms with Gasteiger partial charge in [-0.1, -0.05) is 0 Å². The van der Waals surface area contributed by atoms with Crippen molar-refractivity contribution in [2.75, 3.05) is 6.61 Å². The highest BCUT2D eigenvalue weighted by Crippen LogP contribution is 2.18. The number of nitrogens with zero attached hydrogens (tertiary/aromatic N) is 3. The summed E-state index contributed by atoms with van der Waals surface area (Å²) in [5.41, 5.74) is 0.212. The predicted molar refractivity (Wildman–Crippen MR) is 68.7 cm³/mol. The minimum Gasteiger partial charge on any atom is -0.464 e. The highest BCUT2D eigenvalue weighted by molar-refractivity contribution is 6.02. The van der Waals surface area contributed by atoms with Gasteiger partial charge >= 0.3 is 5.97 Å². The number of carbonyl (C=O) groups is 2. The molecular weight excluding hydrogens is 266 g/mol. The number of hydrogen-bond acceptors (Lipinski definition) is 7. The zero-order chi connectivity index (χ0) is 15.1. The Morgan fingerprint density at radius 1 is 1.35 bits per heavy atom. The van der Waals surface area contributed by atoms with E-state index in [0.717, 1.165) is 0 Å². The Balaban J connectivity index is 2.85. The Kier molecular flexibility index (Phi) is 5.45. The van der Waals surface area contributed by atoms with Crippen LogP contribution in [-0.2, 0) is 14.3 Å². The zero-order valence-electron chi connectivity index (χ0n) is 11.0. The van der Waals surface area contributed by atoms with Crippen LogP contribution in [0.15, 0.2) is 34.5 Å². The highest BCUT2D eigenvalue weighted by Gasteiger charge is 2.24. The summed E-state index contributed by atoms with van der Waals surface area (Å²) in [5, 5.41) is 17.8. The van der Waals surface area contributed by atoms with E-state index in [1.165, 1.54) is 31.2 Å². The summed E-state index contributed by atoms with van der Waals surface area (Å²) in [7, 11) is 0. The van der Waals surface area contributed by atoms with E-state index in [1.54, 1.807) is 6.92 Å². The molecule has 1 aromatic rings. The van der Waals surface area contributed by atoms with Gasteiger partial charge in [-0.15, -0.1) is 0 Å². The lowest BCUT2D eigenvalue weighted by Gasteiger charge is -2.06. The second-order valence-corrected chi connectivity index (χ2v) is 3.75. The van der Waals surface area contributed by atoms with Crippen molar-refractivity contribution in [1.82, 2.24) is 0 Å². The van der Waals surface area contributed by atoms with Gasteiger partial charge in [-0.2, -0.15) is 10.2 Å². The number of carbonyl (C=O) groups excluding carboxylic acids is 2. The molecule has 106 valence electrons. The molecule has 0 bridgehead atoms. The molecule has 1 unspecified atom stereocenters. The maximum Gasteiger partial charge on any atom is 0.340 e. The van der Waals surface area contributed by atoms with Crippen LogP contribution in [0.1, 0.15) is 13.8 Å². The first-order valence-corrected chi connectivity index (χ1v) is 5.78. The summed E-state index contributed by atoms with van der Waals surface area (Å²) in [4.78, 5) is 32.7. The number of azo groups is 1. The molecule has 0 fully saturated rings. The summed E-state index contributed by atoms with van der Waals surface area (Å²) in [6, 6.07) is 3.92. The molecule has 0 aromatic heterocycles. The van der Waals surface area contributed by atoms with Gasteiger partial charge in [0, 0.05) is 12.1 Å². The van der Waals surface area contributed by atoms with Crippen molar-refractivity contribution in [3.05, 3.63) is 34.4 Å². The van der Waals surface area contributed by atoms with E-state index in [1.807, 2.05) is 0 Å². The van der Waals surface area contributed by atoms with Gasteiger partial charge in [-0.25, -0.2) is 4.79 Å². The minimum atomic E-state index is -1.31. The molecule has 0 aliphatic rings. The van der Waals surface area contributed by atoms with Gasteiger partial charge in [0.1, 0.15) is 0 Å². The maximum atomic E-state index is 11.5. The fraction of sp³-hybridized carbons (Fsp3) is 0.333. The zero-order valence-corrected chi connectivity index (χ0v) is 11.0. The van der Waals surface area contributed by atoms with Crippen LogP contribution in [0, 0.1) is 10.1 Å². The van der Waals surface area contributed by atoms with Gasteiger partial charge in [-0.3, -0.25) is 14.9 Å². The summed E-state index contributed by atoms with van der Waals surface area (Å²) < 4.78 is 4.70. The van der Waals surface area contributed by atoms with Crippen LogP contribution in [0.3, 0.4) is 0 Å². The van der Waals surface area contributed by atoms with Crippen molar-refractivity contribution in [2.45, 2.75) is 19.9 Å². The molecule has 0 radical (unpaired) electrons. The number of Topliss-reactive ketones (excluding diaryl/α,β-unsaturated/α-hetero) is 1. The van der Waals surface area contributed by atoms with Crippen LogP contribution in [0.5, 0.6) is 0 Å². The Morgan fingerprint density at radius 3 is 2.40 bits per heavy atom. The Morgan fingerprint density at radius 2 is 1.95 bits per heavy atom. The molecule has 0 saturated heterocycles. The van der Waals surface area contributed by atoms with Crippen molar-refractivity contribution in [1.29, 1.82) is 0 Å². The van der Waals surface area contributed by atoms with Crippen LogP contribution in [0.2, 0.25) is 0 Å². The monoisotopic (exact) mass is 279 g/mol. The summed E-state index contributed by atoms with van der Waals surface area (Å²) >= 11 is 0. The van der Waals surface area contributed by atoms with Gasteiger partial charge in [0.2, 0.25) is 6.04 Å². The van der Waals surface area contributed by atoms with E-state index < -0.39 is 22.7 Å². The Bertz CT molecular complexity index is 539. The van der Waals surface area contributed by atoms with E-state index in [9.17, 15) is 19.7 Å². The summed E-state index contributed by atoms with van der Waals surface area (Å²) in [6.07, 6.45) is 0. The second kappa shape index (κ2) is 7.07. The summed E-state index contributed by atoms with van der Waals surface area (Å²) in [5.74, 6) is -1.26. The van der Waals surface area contributed by atoms with E-state index in [0.29, 0.717) is 5.69 Å². The molecule has 0 aliphatic heterocycles. The molecule has 0 N–H and O–H groups in total. The molecule has 20 heavy (non-hydrogen) atoms. The quantitative estimate of drug-likeness (QED) is 0.260. The fourth-order valence-electron chi connectivity index (χ4n) is 1.28. The van der Waals surface area contributed by atoms with Crippen molar-refractivity contribution in [2.24, 2.45) is 10.2 Å². The van der Waals surface area contributed by atoms with Crippen molar-refractivity contribution in [3.8, 4) is 0 Å². The molecule has 1 rings (SSSR count). The number of ether oxygens (including phenoxy) is 1. The molecule has 8 heteroatoms. The van der Waals surface area contributed by atoms with Crippen molar-refractivity contribution in [3.63, 3.8) is 0 Å². The lowest BCUT2D eigenvalue weighted by molar-refractivity contribution is -0.384. The van der Waals surface area contributed by atoms with Gasteiger partial charge in [0.15, 0.2) is 5.78 Å². The SMILES string of the molecule is CCOC(=O)C(N=Nc1ccc([N+](=O)[O-])cc1)C(C)=O. The molecule has 0 amide bonds. The third-order valence-electron chi connectivity index (χ3n) is 2.24. The number of non-ortho nitro benzene ring substituents is 1. The first kappa shape index (κ1) is 15.4. The summed E-state index contributed by atoms with van der Waals surface area (Å²) in [6.45, 7) is 2.95. The molecule has 0 aliphatic carbocycles. The predicted octanol–water partition coefficient (Wildman–Crippen LogP) is 2.20. The molecule has 8 nitrogen and oxygen atoms in total. The fourth-order valence-corrected chi connectivity index (χ4v) is 1.28. The average Bonchev–Trinajstić information content (AvgIpc) is 2.39. The highest BCUT2D eigenvalue weighted by atomic mass is 16.6. The van der Waals surface area contributed by atoms with Crippen LogP contribution in [-0.4, -0.2) is 29.3 Å². The van der Waals surface area contributed by atoms with Gasteiger partial charge < -0.3 is 4.74 Å². The van der Waals surface area contributed by atoms with E-state index in [2.05, 4.69) is 10.2 Å². The van der Waals surface area contributed by atoms with Crippen molar-refractivity contribution < 1.29 is 19.2 Å². The number of rotatable bonds is 6. The van der Waals surface area contributed by atoms with Crippen LogP contribution in [0.25, 0.3) is 0 Å². The number of benzene rings is 1. The van der Waals surface area contributed by atoms with E-state index in [-0.39, 0.29) is 12.3 Å². The molecule has 1 aromatic carbocycles. The van der Waals surface area contributed by atoms with Crippen LogP contribution < -0.4 is 0 Å². The number of nitro groups is 1. The number of hydrogen-bond donors (Lipinski definition) is 0. The molecule has 0 saturated carbocycles. The molecular formula is C12H13N3O5. The molecule has 1 atom stereocenters. The minimum absolute atomic E-state index is 0.0857. The number of nitro benzene ring substituents is 1. The lowest BCUT2D eigenvalue weighted by atomic mass is 10.2. The van der Waals surface area contributed by atoms with E-state index >= 15 is 0 Å². The topological polar surface area (TPSA) is 111 Å². The molecule has 0 spiro atoms. The third-order valence-corrected chi connectivity index (χ3v) is 2.24. The normalized spacial score (nSPS) is 12.1. The smallest absolute Gasteiger partial charge is 0.340 e. The van der Waals surface area contributed by atoms with E-state index in [4.69, 9.17) is 4.74 Å². The van der Waals surface area contributed by atoms with Crippen LogP contribution in [0.4, 0.5) is 11.4 Å². The van der Waals surface area contributed by atoms with Gasteiger partial charge in [0.25, 0.3) is 5.69 Å². The van der Waals surface area contributed by atoms with Crippen molar-refractivity contribution >= 4 is 23.1 Å². The van der Waals surface area contributed by atoms with Gasteiger partial charge in [0.05, 0.1) is 17.2 Å². The maximum absolute atomic E-state index is 11.5. The lowest BCUT2D eigenvalue weighted by Crippen LogP contribution is -2.28. The molecule has 0 heterocycles. The third kappa shape index (κ3) is 4.23. The Labute approximate surface area is 114 Å². The largest absolute Gasteiger partial charge is 0.464 e. The average molecular weight is 279 g/mol. The first-order valence-electron chi connectivity index (χ1n) is 5.78. The number of esters is 1.